The number of carbonyl (C=O) groups is 2. The molecule has 0 radical (unpaired) electrons. The molecule has 0 aliphatic heterocycles. The van der Waals surface area contributed by atoms with E-state index in [1.807, 2.05) is 0 Å². The molecule has 184 valence electrons. The van der Waals surface area contributed by atoms with E-state index in [4.69, 9.17) is 0 Å². The molecule has 2 amide bonds. The fourth-order valence-corrected chi connectivity index (χ4v) is 3.28. The third kappa shape index (κ3) is 4.89. The van der Waals surface area contributed by atoms with Crippen LogP contribution in [0.3, 0.4) is 0 Å². The highest BCUT2D eigenvalue weighted by atomic mass is 19.4. The first-order valence-electron chi connectivity index (χ1n) is 10.2. The predicted molar refractivity (Wildman–Crippen MR) is 117 cm³/mol. The van der Waals surface area contributed by atoms with Crippen LogP contribution in [0.5, 0.6) is 0 Å². The molecule has 8 nitrogen and oxygen atoms in total. The van der Waals surface area contributed by atoms with E-state index in [1.54, 1.807) is 0 Å². The van der Waals surface area contributed by atoms with Crippen molar-refractivity contribution in [3.63, 3.8) is 0 Å². The normalized spacial score (nSPS) is 11.3. The van der Waals surface area contributed by atoms with Crippen LogP contribution in [0.25, 0.3) is 17.1 Å². The maximum absolute atomic E-state index is 14.8. The highest BCUT2D eigenvalue weighted by Gasteiger charge is 2.36. The molecule has 2 aromatic heterocycles. The van der Waals surface area contributed by atoms with Gasteiger partial charge in [0.2, 0.25) is 0 Å². The van der Waals surface area contributed by atoms with Gasteiger partial charge in [0, 0.05) is 31.1 Å². The van der Waals surface area contributed by atoms with Crippen molar-refractivity contribution in [3.8, 4) is 17.1 Å². The van der Waals surface area contributed by atoms with Crippen LogP contribution in [0.4, 0.5) is 27.8 Å². The molecular formula is C23H15F5N6O2. The van der Waals surface area contributed by atoms with Gasteiger partial charge < -0.3 is 10.6 Å². The highest BCUT2D eigenvalue weighted by molar-refractivity contribution is 6.05. The van der Waals surface area contributed by atoms with E-state index < -0.39 is 46.3 Å². The summed E-state index contributed by atoms with van der Waals surface area (Å²) in [5.41, 5.74) is -2.59. The van der Waals surface area contributed by atoms with E-state index in [0.29, 0.717) is 6.07 Å². The van der Waals surface area contributed by atoms with Gasteiger partial charge in [0.15, 0.2) is 11.5 Å². The second-order valence-electron chi connectivity index (χ2n) is 7.28. The molecule has 0 aliphatic carbocycles. The highest BCUT2D eigenvalue weighted by Crippen LogP contribution is 2.37. The second kappa shape index (κ2) is 9.52. The summed E-state index contributed by atoms with van der Waals surface area (Å²) in [5.74, 6) is -4.23. The average molecular weight is 502 g/mol. The van der Waals surface area contributed by atoms with Crippen molar-refractivity contribution in [2.45, 2.75) is 6.18 Å². The summed E-state index contributed by atoms with van der Waals surface area (Å²) in [6, 6.07) is 8.30. The summed E-state index contributed by atoms with van der Waals surface area (Å²) < 4.78 is 69.9. The SMILES string of the molecule is CNC(=O)c1cc(NC(=O)c2cc(-c3ncccn3)c(C(F)(F)F)cc2F)n(-c2ccc(F)cc2)n1. The maximum Gasteiger partial charge on any atom is 0.417 e. The molecule has 4 rings (SSSR count). The third-order valence-corrected chi connectivity index (χ3v) is 4.95. The number of nitrogens with zero attached hydrogens (tertiary/aromatic N) is 4. The topological polar surface area (TPSA) is 102 Å². The molecule has 0 unspecified atom stereocenters. The van der Waals surface area contributed by atoms with E-state index >= 15 is 0 Å². The minimum atomic E-state index is -4.95. The molecular weight excluding hydrogens is 487 g/mol. The van der Waals surface area contributed by atoms with Gasteiger partial charge in [-0.25, -0.2) is 23.4 Å². The Hall–Kier alpha value is -4.68. The van der Waals surface area contributed by atoms with E-state index in [-0.39, 0.29) is 29.1 Å². The van der Waals surface area contributed by atoms with Gasteiger partial charge >= 0.3 is 6.18 Å². The van der Waals surface area contributed by atoms with Crippen LogP contribution in [0.2, 0.25) is 0 Å². The molecule has 4 aromatic rings. The number of alkyl halides is 3. The van der Waals surface area contributed by atoms with Crippen molar-refractivity contribution in [2.24, 2.45) is 0 Å². The van der Waals surface area contributed by atoms with Crippen LogP contribution in [0.1, 0.15) is 26.4 Å². The molecule has 36 heavy (non-hydrogen) atoms. The molecule has 2 heterocycles. The van der Waals surface area contributed by atoms with Crippen molar-refractivity contribution in [1.29, 1.82) is 0 Å². The van der Waals surface area contributed by atoms with Crippen LogP contribution in [-0.2, 0) is 6.18 Å². The Balaban J connectivity index is 1.78. The minimum Gasteiger partial charge on any atom is -0.354 e. The van der Waals surface area contributed by atoms with Crippen LogP contribution in [0, 0.1) is 11.6 Å². The standard InChI is InChI=1S/C23H15F5N6O2/c1-29-22(36)18-11-19(34(33-18)13-5-3-12(24)4-6-13)32-21(35)15-9-14(20-30-7-2-8-31-20)16(10-17(15)25)23(26,27)28/h2-11H,1H3,(H,29,36)(H,32,35). The number of rotatable bonds is 5. The van der Waals surface area contributed by atoms with Crippen molar-refractivity contribution < 1.29 is 31.5 Å². The lowest BCUT2D eigenvalue weighted by Crippen LogP contribution is -2.18. The molecule has 13 heteroatoms. The minimum absolute atomic E-state index is 0.123. The molecule has 2 N–H and O–H groups in total. The first-order valence-corrected chi connectivity index (χ1v) is 10.2. The predicted octanol–water partition coefficient (Wildman–Crippen LogP) is 4.24. The Morgan fingerprint density at radius 3 is 2.22 bits per heavy atom. The molecule has 0 bridgehead atoms. The number of aromatic nitrogens is 4. The smallest absolute Gasteiger partial charge is 0.354 e. The molecule has 2 aromatic carbocycles. The summed E-state index contributed by atoms with van der Waals surface area (Å²) in [7, 11) is 1.35. The lowest BCUT2D eigenvalue weighted by Gasteiger charge is -2.15. The molecule has 0 saturated carbocycles. The molecule has 0 saturated heterocycles. The number of benzene rings is 2. The summed E-state index contributed by atoms with van der Waals surface area (Å²) in [6.07, 6.45) is -2.55. The molecule has 0 fully saturated rings. The van der Waals surface area contributed by atoms with Crippen LogP contribution >= 0.6 is 0 Å². The fraction of sp³-hybridized carbons (Fsp3) is 0.0870. The summed E-state index contributed by atoms with van der Waals surface area (Å²) in [4.78, 5) is 32.6. The van der Waals surface area contributed by atoms with Gasteiger partial charge in [0.25, 0.3) is 11.8 Å². The largest absolute Gasteiger partial charge is 0.417 e. The third-order valence-electron chi connectivity index (χ3n) is 4.95. The lowest BCUT2D eigenvalue weighted by molar-refractivity contribution is -0.137. The van der Waals surface area contributed by atoms with Crippen LogP contribution in [-0.4, -0.2) is 38.6 Å². The van der Waals surface area contributed by atoms with E-state index in [9.17, 15) is 31.5 Å². The summed E-state index contributed by atoms with van der Waals surface area (Å²) in [6.45, 7) is 0. The average Bonchev–Trinajstić information content (AvgIpc) is 3.27. The van der Waals surface area contributed by atoms with Crippen molar-refractivity contribution in [1.82, 2.24) is 25.1 Å². The van der Waals surface area contributed by atoms with Gasteiger partial charge in [-0.05, 0) is 42.5 Å². The quantitative estimate of drug-likeness (QED) is 0.398. The van der Waals surface area contributed by atoms with Crippen molar-refractivity contribution in [3.05, 3.63) is 89.4 Å². The van der Waals surface area contributed by atoms with Gasteiger partial charge in [-0.15, -0.1) is 0 Å². The van der Waals surface area contributed by atoms with Gasteiger partial charge in [0.1, 0.15) is 17.5 Å². The number of carbonyl (C=O) groups excluding carboxylic acids is 2. The first kappa shape index (κ1) is 24.4. The second-order valence-corrected chi connectivity index (χ2v) is 7.28. The zero-order valence-electron chi connectivity index (χ0n) is 18.3. The summed E-state index contributed by atoms with van der Waals surface area (Å²) in [5, 5.41) is 8.76. The number of halogens is 5. The number of nitrogens with one attached hydrogen (secondary N) is 2. The van der Waals surface area contributed by atoms with Gasteiger partial charge in [-0.2, -0.15) is 18.3 Å². The van der Waals surface area contributed by atoms with Crippen molar-refractivity contribution >= 4 is 17.6 Å². The molecule has 0 aliphatic rings. The van der Waals surface area contributed by atoms with Gasteiger partial charge in [0.05, 0.1) is 16.8 Å². The Morgan fingerprint density at radius 1 is 0.944 bits per heavy atom. The summed E-state index contributed by atoms with van der Waals surface area (Å²) >= 11 is 0. The Labute approximate surface area is 199 Å². The zero-order chi connectivity index (χ0) is 26.0. The van der Waals surface area contributed by atoms with Gasteiger partial charge in [-0.1, -0.05) is 0 Å². The Bertz CT molecular complexity index is 1440. The monoisotopic (exact) mass is 502 g/mol. The Morgan fingerprint density at radius 2 is 1.61 bits per heavy atom. The zero-order valence-corrected chi connectivity index (χ0v) is 18.3. The fourth-order valence-electron chi connectivity index (χ4n) is 3.28. The number of anilines is 1. The maximum atomic E-state index is 14.8. The Kier molecular flexibility index (Phi) is 6.47. The first-order chi connectivity index (χ1) is 17.1. The van der Waals surface area contributed by atoms with E-state index in [0.717, 1.165) is 16.8 Å². The van der Waals surface area contributed by atoms with Gasteiger partial charge in [-0.3, -0.25) is 9.59 Å². The van der Waals surface area contributed by atoms with Crippen molar-refractivity contribution in [2.75, 3.05) is 12.4 Å². The molecule has 0 atom stereocenters. The van der Waals surface area contributed by atoms with Crippen LogP contribution < -0.4 is 10.6 Å². The van der Waals surface area contributed by atoms with Crippen LogP contribution in [0.15, 0.2) is 60.9 Å². The molecule has 0 spiro atoms. The number of hydrogen-bond acceptors (Lipinski definition) is 5. The lowest BCUT2D eigenvalue weighted by atomic mass is 10.0. The number of amides is 2. The van der Waals surface area contributed by atoms with E-state index in [2.05, 4.69) is 25.7 Å². The van der Waals surface area contributed by atoms with E-state index in [1.165, 1.54) is 43.7 Å². The number of hydrogen-bond donors (Lipinski definition) is 2.